The fraction of sp³-hybridized carbons (Fsp3) is 0.667. The summed E-state index contributed by atoms with van der Waals surface area (Å²) in [4.78, 5) is 0. The van der Waals surface area contributed by atoms with E-state index in [0.29, 0.717) is 12.8 Å². The summed E-state index contributed by atoms with van der Waals surface area (Å²) in [6.45, 7) is 3.49. The van der Waals surface area contributed by atoms with Gasteiger partial charge in [0.05, 0.1) is 13.2 Å². The summed E-state index contributed by atoms with van der Waals surface area (Å²) >= 11 is 0. The number of hydrogen-bond donors (Lipinski definition) is 4. The standard InChI is InChI=1S/C36H58O5/c1-3-5-7-9-11-13-21-27-35(33(39)29-37,31-23-17-15-18-24-31)41-36(34(40)30-38,32-25-19-16-20-26-32)28-22-14-12-10-8-6-4-2/h15-20,23-26,33-34,37-40H,3-14,21-22,27-30H2,1-2H3. The Kier molecular flexibility index (Phi) is 17.5. The fourth-order valence-electron chi connectivity index (χ4n) is 6.11. The highest BCUT2D eigenvalue weighted by Gasteiger charge is 2.51. The topological polar surface area (TPSA) is 90.2 Å². The molecule has 2 aromatic carbocycles. The Labute approximate surface area is 250 Å². The van der Waals surface area contributed by atoms with Gasteiger partial charge >= 0.3 is 0 Å². The Morgan fingerprint density at radius 1 is 0.512 bits per heavy atom. The highest BCUT2D eigenvalue weighted by molar-refractivity contribution is 5.29. The monoisotopic (exact) mass is 570 g/mol. The maximum Gasteiger partial charge on any atom is 0.122 e. The highest BCUT2D eigenvalue weighted by atomic mass is 16.6. The van der Waals surface area contributed by atoms with Crippen LogP contribution >= 0.6 is 0 Å². The van der Waals surface area contributed by atoms with Crippen LogP contribution in [-0.2, 0) is 15.9 Å². The Hall–Kier alpha value is -1.76. The molecule has 0 aliphatic rings. The van der Waals surface area contributed by atoms with E-state index in [9.17, 15) is 20.4 Å². The van der Waals surface area contributed by atoms with Crippen LogP contribution in [0.1, 0.15) is 128 Å². The minimum atomic E-state index is -1.26. The first-order valence-electron chi connectivity index (χ1n) is 16.4. The quantitative estimate of drug-likeness (QED) is 0.0968. The van der Waals surface area contributed by atoms with Crippen LogP contribution in [0.5, 0.6) is 0 Å². The fourth-order valence-corrected chi connectivity index (χ4v) is 6.11. The van der Waals surface area contributed by atoms with Crippen molar-refractivity contribution in [3.05, 3.63) is 71.8 Å². The Morgan fingerprint density at radius 3 is 1.15 bits per heavy atom. The van der Waals surface area contributed by atoms with Gasteiger partial charge in [0, 0.05) is 0 Å². The van der Waals surface area contributed by atoms with Crippen molar-refractivity contribution in [1.29, 1.82) is 0 Å². The first kappa shape index (κ1) is 35.4. The molecule has 0 aliphatic carbocycles. The zero-order valence-corrected chi connectivity index (χ0v) is 25.9. The van der Waals surface area contributed by atoms with Gasteiger partial charge in [0.15, 0.2) is 0 Å². The van der Waals surface area contributed by atoms with Crippen LogP contribution in [0.3, 0.4) is 0 Å². The maximum absolute atomic E-state index is 11.5. The molecule has 4 unspecified atom stereocenters. The number of aliphatic hydroxyl groups is 4. The summed E-state index contributed by atoms with van der Waals surface area (Å²) in [5.41, 5.74) is -0.964. The minimum Gasteiger partial charge on any atom is -0.394 e. The minimum absolute atomic E-state index is 0.469. The largest absolute Gasteiger partial charge is 0.394 e. The maximum atomic E-state index is 11.5. The SMILES string of the molecule is CCCCCCCCCC(OC(CCCCCCCCC)(c1ccccc1)C(O)CO)(c1ccccc1)C(O)CO. The van der Waals surface area contributed by atoms with Crippen LogP contribution in [-0.4, -0.2) is 45.8 Å². The number of benzene rings is 2. The number of unbranched alkanes of at least 4 members (excludes halogenated alkanes) is 12. The molecule has 41 heavy (non-hydrogen) atoms. The van der Waals surface area contributed by atoms with Gasteiger partial charge in [-0.15, -0.1) is 0 Å². The first-order chi connectivity index (χ1) is 20.0. The molecule has 0 heterocycles. The highest BCUT2D eigenvalue weighted by Crippen LogP contribution is 2.46. The molecule has 0 bridgehead atoms. The second-order valence-electron chi connectivity index (χ2n) is 11.8. The zero-order chi connectivity index (χ0) is 29.8. The van der Waals surface area contributed by atoms with E-state index < -0.39 is 36.6 Å². The van der Waals surface area contributed by atoms with Crippen LogP contribution in [0, 0.1) is 0 Å². The van der Waals surface area contributed by atoms with E-state index in [4.69, 9.17) is 4.74 Å². The average Bonchev–Trinajstić information content (AvgIpc) is 3.02. The Bertz CT molecular complexity index is 818. The zero-order valence-electron chi connectivity index (χ0n) is 25.9. The van der Waals surface area contributed by atoms with Crippen LogP contribution < -0.4 is 0 Å². The van der Waals surface area contributed by atoms with Gasteiger partial charge in [-0.05, 0) is 24.0 Å². The van der Waals surface area contributed by atoms with E-state index in [-0.39, 0.29) is 0 Å². The summed E-state index contributed by atoms with van der Waals surface area (Å²) in [5, 5.41) is 43.8. The molecule has 0 amide bonds. The van der Waals surface area contributed by atoms with Gasteiger partial charge in [0.2, 0.25) is 0 Å². The molecule has 0 radical (unpaired) electrons. The van der Waals surface area contributed by atoms with E-state index in [1.165, 1.54) is 51.4 Å². The predicted octanol–water partition coefficient (Wildman–Crippen LogP) is 7.78. The van der Waals surface area contributed by atoms with Gasteiger partial charge in [-0.1, -0.05) is 164 Å². The average molecular weight is 571 g/mol. The number of rotatable bonds is 24. The first-order valence-corrected chi connectivity index (χ1v) is 16.4. The van der Waals surface area contributed by atoms with E-state index >= 15 is 0 Å². The lowest BCUT2D eigenvalue weighted by Crippen LogP contribution is -2.55. The molecule has 2 aromatic rings. The molecule has 0 aromatic heterocycles. The summed E-state index contributed by atoms with van der Waals surface area (Å²) in [6.07, 6.45) is 14.2. The summed E-state index contributed by atoms with van der Waals surface area (Å²) in [7, 11) is 0. The van der Waals surface area contributed by atoms with Crippen molar-refractivity contribution in [1.82, 2.24) is 0 Å². The van der Waals surface area contributed by atoms with Gasteiger partial charge in [0.25, 0.3) is 0 Å². The molecule has 2 rings (SSSR count). The lowest BCUT2D eigenvalue weighted by atomic mass is 9.78. The number of hydrogen-bond acceptors (Lipinski definition) is 5. The van der Waals surface area contributed by atoms with E-state index in [0.717, 1.165) is 49.7 Å². The third kappa shape index (κ3) is 10.8. The molecule has 4 N–H and O–H groups in total. The Morgan fingerprint density at radius 2 is 0.829 bits per heavy atom. The third-order valence-corrected chi connectivity index (χ3v) is 8.61. The van der Waals surface area contributed by atoms with Gasteiger partial charge in [-0.2, -0.15) is 0 Å². The van der Waals surface area contributed by atoms with Gasteiger partial charge < -0.3 is 25.2 Å². The molecular formula is C36H58O5. The van der Waals surface area contributed by atoms with Crippen LogP contribution in [0.25, 0.3) is 0 Å². The lowest BCUT2D eigenvalue weighted by molar-refractivity contribution is -0.260. The van der Waals surface area contributed by atoms with E-state index in [1.807, 2.05) is 60.7 Å². The second kappa shape index (κ2) is 20.2. The van der Waals surface area contributed by atoms with Crippen LogP contribution in [0.2, 0.25) is 0 Å². The Balaban J connectivity index is 2.46. The van der Waals surface area contributed by atoms with Crippen LogP contribution in [0.4, 0.5) is 0 Å². The van der Waals surface area contributed by atoms with Crippen LogP contribution in [0.15, 0.2) is 60.7 Å². The van der Waals surface area contributed by atoms with Crippen molar-refractivity contribution in [2.45, 2.75) is 140 Å². The molecule has 0 spiro atoms. The van der Waals surface area contributed by atoms with Crippen molar-refractivity contribution in [2.24, 2.45) is 0 Å². The van der Waals surface area contributed by atoms with E-state index in [2.05, 4.69) is 13.8 Å². The molecule has 232 valence electrons. The third-order valence-electron chi connectivity index (χ3n) is 8.61. The van der Waals surface area contributed by atoms with Crippen molar-refractivity contribution >= 4 is 0 Å². The van der Waals surface area contributed by atoms with E-state index in [1.54, 1.807) is 0 Å². The normalized spacial score (nSPS) is 16.1. The smallest absolute Gasteiger partial charge is 0.122 e. The summed E-state index contributed by atoms with van der Waals surface area (Å²) in [5.74, 6) is 0. The molecule has 0 aliphatic heterocycles. The van der Waals surface area contributed by atoms with Gasteiger partial charge in [-0.25, -0.2) is 0 Å². The predicted molar refractivity (Wildman–Crippen MR) is 169 cm³/mol. The summed E-state index contributed by atoms with van der Waals surface area (Å²) in [6, 6.07) is 19.3. The molecule has 5 heteroatoms. The molecular weight excluding hydrogens is 512 g/mol. The second-order valence-corrected chi connectivity index (χ2v) is 11.8. The molecule has 0 saturated heterocycles. The molecule has 4 atom stereocenters. The lowest BCUT2D eigenvalue weighted by Gasteiger charge is -2.48. The van der Waals surface area contributed by atoms with Gasteiger partial charge in [0.1, 0.15) is 23.4 Å². The number of ether oxygens (including phenoxy) is 1. The number of aliphatic hydroxyl groups excluding tert-OH is 4. The van der Waals surface area contributed by atoms with Crippen molar-refractivity contribution in [2.75, 3.05) is 13.2 Å². The summed E-state index contributed by atoms with van der Waals surface area (Å²) < 4.78 is 7.17. The molecule has 5 nitrogen and oxygen atoms in total. The molecule has 0 saturated carbocycles. The van der Waals surface area contributed by atoms with Crippen molar-refractivity contribution in [3.63, 3.8) is 0 Å². The van der Waals surface area contributed by atoms with Crippen molar-refractivity contribution < 1.29 is 25.2 Å². The molecule has 0 fully saturated rings. The van der Waals surface area contributed by atoms with Gasteiger partial charge in [-0.3, -0.25) is 0 Å². The van der Waals surface area contributed by atoms with Crippen molar-refractivity contribution in [3.8, 4) is 0 Å².